The zero-order valence-corrected chi connectivity index (χ0v) is 11.3. The molecule has 0 spiro atoms. The van der Waals surface area contributed by atoms with Crippen molar-refractivity contribution in [1.29, 1.82) is 0 Å². The molecule has 1 saturated heterocycles. The number of hydrogen-bond acceptors (Lipinski definition) is 2. The van der Waals surface area contributed by atoms with Gasteiger partial charge in [0.25, 0.3) is 0 Å². The summed E-state index contributed by atoms with van der Waals surface area (Å²) in [5, 5.41) is 0. The number of rotatable bonds is 3. The average Bonchev–Trinajstić information content (AvgIpc) is 2.98. The summed E-state index contributed by atoms with van der Waals surface area (Å²) in [5.74, 6) is 1.99. The van der Waals surface area contributed by atoms with Gasteiger partial charge < -0.3 is 9.30 Å². The van der Waals surface area contributed by atoms with Crippen LogP contribution in [-0.2, 0) is 6.42 Å². The molecule has 1 atom stereocenters. The third kappa shape index (κ3) is 2.03. The van der Waals surface area contributed by atoms with Crippen molar-refractivity contribution >= 4 is 5.52 Å². The van der Waals surface area contributed by atoms with Crippen LogP contribution in [0.15, 0.2) is 24.5 Å². The highest BCUT2D eigenvalue weighted by molar-refractivity contribution is 5.53. The molecule has 0 N–H and O–H groups in total. The number of aryl methyl sites for hydroxylation is 1. The third-order valence-electron chi connectivity index (χ3n) is 4.15. The van der Waals surface area contributed by atoms with Crippen molar-refractivity contribution in [2.24, 2.45) is 5.92 Å². The molecule has 1 aliphatic rings. The second-order valence-electron chi connectivity index (χ2n) is 5.37. The molecule has 0 aromatic carbocycles. The SMILES string of the molecule is CCN1CCC(Cc2ncc3c(C)cccn23)C1. The molecule has 3 heterocycles. The van der Waals surface area contributed by atoms with Gasteiger partial charge in [-0.05, 0) is 44.0 Å². The third-order valence-corrected chi connectivity index (χ3v) is 4.15. The van der Waals surface area contributed by atoms with E-state index in [0.29, 0.717) is 0 Å². The highest BCUT2D eigenvalue weighted by atomic mass is 15.1. The Morgan fingerprint density at radius 1 is 1.44 bits per heavy atom. The second-order valence-corrected chi connectivity index (χ2v) is 5.37. The summed E-state index contributed by atoms with van der Waals surface area (Å²) in [5.41, 5.74) is 2.55. The van der Waals surface area contributed by atoms with Crippen LogP contribution in [0.2, 0.25) is 0 Å². The first-order valence-electron chi connectivity index (χ1n) is 6.92. The van der Waals surface area contributed by atoms with Gasteiger partial charge in [0.05, 0.1) is 11.7 Å². The van der Waals surface area contributed by atoms with Crippen molar-refractivity contribution in [1.82, 2.24) is 14.3 Å². The zero-order valence-electron chi connectivity index (χ0n) is 11.3. The van der Waals surface area contributed by atoms with Crippen molar-refractivity contribution in [3.8, 4) is 0 Å². The molecule has 1 unspecified atom stereocenters. The predicted molar refractivity (Wildman–Crippen MR) is 73.9 cm³/mol. The Bertz CT molecular complexity index is 544. The summed E-state index contributed by atoms with van der Waals surface area (Å²) >= 11 is 0. The van der Waals surface area contributed by atoms with Crippen molar-refractivity contribution in [3.05, 3.63) is 35.9 Å². The molecule has 2 aromatic heterocycles. The lowest BCUT2D eigenvalue weighted by Crippen LogP contribution is -2.20. The van der Waals surface area contributed by atoms with Crippen molar-refractivity contribution in [3.63, 3.8) is 0 Å². The molecule has 0 aliphatic carbocycles. The van der Waals surface area contributed by atoms with Gasteiger partial charge in [-0.15, -0.1) is 0 Å². The molecule has 1 aliphatic heterocycles. The summed E-state index contributed by atoms with van der Waals surface area (Å²) < 4.78 is 2.25. The number of hydrogen-bond donors (Lipinski definition) is 0. The molecule has 0 bridgehead atoms. The zero-order chi connectivity index (χ0) is 12.5. The Labute approximate surface area is 108 Å². The lowest BCUT2D eigenvalue weighted by atomic mass is 10.0. The fraction of sp³-hybridized carbons (Fsp3) is 0.533. The van der Waals surface area contributed by atoms with E-state index >= 15 is 0 Å². The Hall–Kier alpha value is -1.35. The maximum absolute atomic E-state index is 4.61. The monoisotopic (exact) mass is 243 g/mol. The Morgan fingerprint density at radius 3 is 3.11 bits per heavy atom. The molecule has 0 amide bonds. The maximum atomic E-state index is 4.61. The van der Waals surface area contributed by atoms with Gasteiger partial charge in [-0.1, -0.05) is 13.0 Å². The summed E-state index contributed by atoms with van der Waals surface area (Å²) in [4.78, 5) is 7.15. The highest BCUT2D eigenvalue weighted by Crippen LogP contribution is 2.21. The molecular formula is C15H21N3. The standard InChI is InChI=1S/C15H21N3/c1-3-17-8-6-13(11-17)9-15-16-10-14-12(2)5-4-7-18(14)15/h4-5,7,10,13H,3,6,8-9,11H2,1-2H3. The molecule has 2 aromatic rings. The van der Waals surface area contributed by atoms with Gasteiger partial charge in [-0.2, -0.15) is 0 Å². The minimum atomic E-state index is 0.774. The highest BCUT2D eigenvalue weighted by Gasteiger charge is 2.22. The minimum absolute atomic E-state index is 0.774. The number of likely N-dealkylation sites (tertiary alicyclic amines) is 1. The van der Waals surface area contributed by atoms with Crippen molar-refractivity contribution < 1.29 is 0 Å². The van der Waals surface area contributed by atoms with Gasteiger partial charge >= 0.3 is 0 Å². The lowest BCUT2D eigenvalue weighted by molar-refractivity contribution is 0.341. The maximum Gasteiger partial charge on any atom is 0.113 e. The first-order chi connectivity index (χ1) is 8.78. The van der Waals surface area contributed by atoms with E-state index in [1.807, 2.05) is 6.20 Å². The lowest BCUT2D eigenvalue weighted by Gasteiger charge is -2.12. The fourth-order valence-corrected chi connectivity index (χ4v) is 2.99. The molecular weight excluding hydrogens is 222 g/mol. The van der Waals surface area contributed by atoms with E-state index in [2.05, 4.69) is 46.5 Å². The number of aromatic nitrogens is 2. The topological polar surface area (TPSA) is 20.5 Å². The summed E-state index contributed by atoms with van der Waals surface area (Å²) in [7, 11) is 0. The normalized spacial score (nSPS) is 20.9. The van der Waals surface area contributed by atoms with E-state index in [9.17, 15) is 0 Å². The number of pyridine rings is 1. The Morgan fingerprint density at radius 2 is 2.33 bits per heavy atom. The van der Waals surface area contributed by atoms with Crippen LogP contribution in [0.4, 0.5) is 0 Å². The van der Waals surface area contributed by atoms with Crippen LogP contribution in [0.5, 0.6) is 0 Å². The van der Waals surface area contributed by atoms with Crippen molar-refractivity contribution in [2.45, 2.75) is 26.7 Å². The molecule has 1 fully saturated rings. The van der Waals surface area contributed by atoms with Gasteiger partial charge in [-0.25, -0.2) is 4.98 Å². The summed E-state index contributed by atoms with van der Waals surface area (Å²) in [6.45, 7) is 8.06. The smallest absolute Gasteiger partial charge is 0.113 e. The van der Waals surface area contributed by atoms with Gasteiger partial charge in [0.1, 0.15) is 5.82 Å². The average molecular weight is 243 g/mol. The fourth-order valence-electron chi connectivity index (χ4n) is 2.99. The molecule has 0 saturated carbocycles. The second kappa shape index (κ2) is 4.73. The largest absolute Gasteiger partial charge is 0.303 e. The van der Waals surface area contributed by atoms with E-state index in [4.69, 9.17) is 0 Å². The molecule has 3 rings (SSSR count). The van der Waals surface area contributed by atoms with Crippen LogP contribution in [-0.4, -0.2) is 33.9 Å². The van der Waals surface area contributed by atoms with Gasteiger partial charge in [0.2, 0.25) is 0 Å². The first-order valence-corrected chi connectivity index (χ1v) is 6.92. The summed E-state index contributed by atoms with van der Waals surface area (Å²) in [6.07, 6.45) is 6.57. The molecule has 3 nitrogen and oxygen atoms in total. The Kier molecular flexibility index (Phi) is 3.08. The predicted octanol–water partition coefficient (Wildman–Crippen LogP) is 2.53. The molecule has 0 radical (unpaired) electrons. The molecule has 96 valence electrons. The van der Waals surface area contributed by atoms with Crippen molar-refractivity contribution in [2.75, 3.05) is 19.6 Å². The van der Waals surface area contributed by atoms with E-state index in [1.54, 1.807) is 0 Å². The van der Waals surface area contributed by atoms with Crippen LogP contribution in [0.1, 0.15) is 24.7 Å². The minimum Gasteiger partial charge on any atom is -0.303 e. The van der Waals surface area contributed by atoms with Crippen LogP contribution < -0.4 is 0 Å². The van der Waals surface area contributed by atoms with E-state index < -0.39 is 0 Å². The number of nitrogens with zero attached hydrogens (tertiary/aromatic N) is 3. The quantitative estimate of drug-likeness (QED) is 0.825. The molecule has 3 heteroatoms. The molecule has 18 heavy (non-hydrogen) atoms. The first kappa shape index (κ1) is 11.7. The van der Waals surface area contributed by atoms with Gasteiger partial charge in [0, 0.05) is 19.2 Å². The van der Waals surface area contributed by atoms with Crippen LogP contribution in [0, 0.1) is 12.8 Å². The number of fused-ring (bicyclic) bond motifs is 1. The van der Waals surface area contributed by atoms with Gasteiger partial charge in [-0.3, -0.25) is 0 Å². The van der Waals surface area contributed by atoms with Crippen LogP contribution >= 0.6 is 0 Å². The van der Waals surface area contributed by atoms with Gasteiger partial charge in [0.15, 0.2) is 0 Å². The van der Waals surface area contributed by atoms with E-state index in [1.165, 1.54) is 43.0 Å². The van der Waals surface area contributed by atoms with E-state index in [0.717, 1.165) is 12.3 Å². The Balaban J connectivity index is 1.81. The van der Waals surface area contributed by atoms with Crippen LogP contribution in [0.25, 0.3) is 5.52 Å². The number of imidazole rings is 1. The summed E-state index contributed by atoms with van der Waals surface area (Å²) in [6, 6.07) is 4.26. The van der Waals surface area contributed by atoms with E-state index in [-0.39, 0.29) is 0 Å². The van der Waals surface area contributed by atoms with Crippen LogP contribution in [0.3, 0.4) is 0 Å².